The van der Waals surface area contributed by atoms with E-state index in [2.05, 4.69) is 4.98 Å². The van der Waals surface area contributed by atoms with Gasteiger partial charge < -0.3 is 5.11 Å². The smallest absolute Gasteiger partial charge is 0.245 e. The summed E-state index contributed by atoms with van der Waals surface area (Å²) < 4.78 is 26.6. The average Bonchev–Trinajstić information content (AvgIpc) is 2.36. The zero-order valence-corrected chi connectivity index (χ0v) is 12.0. The van der Waals surface area contributed by atoms with Crippen LogP contribution in [0.5, 0.6) is 0 Å². The second-order valence-electron chi connectivity index (χ2n) is 5.21. The molecular formula is C14H16N2O3S. The van der Waals surface area contributed by atoms with Gasteiger partial charge >= 0.3 is 0 Å². The number of pyridine rings is 1. The minimum atomic E-state index is -3.52. The molecule has 1 aromatic carbocycles. The number of nitrogens with zero attached hydrogens (tertiary/aromatic N) is 2. The highest BCUT2D eigenvalue weighted by atomic mass is 32.2. The maximum absolute atomic E-state index is 12.6. The molecule has 1 aliphatic rings. The van der Waals surface area contributed by atoms with Crippen LogP contribution in [-0.4, -0.2) is 42.5 Å². The van der Waals surface area contributed by atoms with E-state index in [-0.39, 0.29) is 17.4 Å². The number of aliphatic hydroxyl groups is 1. The number of sulfonamides is 1. The molecule has 3 rings (SSSR count). The van der Waals surface area contributed by atoms with Crippen molar-refractivity contribution in [2.45, 2.75) is 11.8 Å². The van der Waals surface area contributed by atoms with E-state index in [1.54, 1.807) is 18.3 Å². The molecule has 0 atom stereocenters. The lowest BCUT2D eigenvalue weighted by molar-refractivity contribution is 0.117. The van der Waals surface area contributed by atoms with Crippen LogP contribution in [0.25, 0.3) is 10.9 Å². The van der Waals surface area contributed by atoms with Gasteiger partial charge in [-0.15, -0.1) is 0 Å². The van der Waals surface area contributed by atoms with E-state index in [9.17, 15) is 8.42 Å². The first-order chi connectivity index (χ1) is 9.52. The first-order valence-electron chi connectivity index (χ1n) is 6.49. The van der Waals surface area contributed by atoms with Gasteiger partial charge in [-0.05, 0) is 24.6 Å². The van der Waals surface area contributed by atoms with Crippen molar-refractivity contribution in [2.24, 2.45) is 5.92 Å². The Labute approximate surface area is 117 Å². The number of para-hydroxylation sites is 1. The molecule has 0 spiro atoms. The molecule has 0 bridgehead atoms. The van der Waals surface area contributed by atoms with Gasteiger partial charge in [0.15, 0.2) is 0 Å². The summed E-state index contributed by atoms with van der Waals surface area (Å²) in [6.07, 6.45) is 1.67. The SMILES string of the molecule is Cc1cnc2c(S(=O)(=O)N3CC(CO)C3)cccc2c1. The number of hydrogen-bond acceptors (Lipinski definition) is 4. The Kier molecular flexibility index (Phi) is 3.24. The number of hydrogen-bond donors (Lipinski definition) is 1. The lowest BCUT2D eigenvalue weighted by atomic mass is 10.1. The van der Waals surface area contributed by atoms with Crippen molar-refractivity contribution in [1.82, 2.24) is 9.29 Å². The van der Waals surface area contributed by atoms with Crippen molar-refractivity contribution >= 4 is 20.9 Å². The molecule has 1 aromatic heterocycles. The van der Waals surface area contributed by atoms with Gasteiger partial charge in [-0.2, -0.15) is 4.31 Å². The molecule has 0 aliphatic carbocycles. The van der Waals surface area contributed by atoms with Gasteiger partial charge in [-0.3, -0.25) is 4.98 Å². The van der Waals surface area contributed by atoms with Crippen molar-refractivity contribution in [3.8, 4) is 0 Å². The van der Waals surface area contributed by atoms with E-state index in [1.807, 2.05) is 19.1 Å². The van der Waals surface area contributed by atoms with Gasteiger partial charge in [0.05, 0.1) is 5.52 Å². The van der Waals surface area contributed by atoms with Crippen molar-refractivity contribution in [1.29, 1.82) is 0 Å². The molecule has 2 heterocycles. The lowest BCUT2D eigenvalue weighted by Crippen LogP contribution is -2.51. The second-order valence-corrected chi connectivity index (χ2v) is 7.12. The summed E-state index contributed by atoms with van der Waals surface area (Å²) in [5, 5.41) is 9.83. The summed E-state index contributed by atoms with van der Waals surface area (Å²) in [6.45, 7) is 2.70. The Morgan fingerprint density at radius 3 is 2.85 bits per heavy atom. The molecule has 0 saturated carbocycles. The highest BCUT2D eigenvalue weighted by molar-refractivity contribution is 7.89. The normalized spacial score (nSPS) is 17.3. The van der Waals surface area contributed by atoms with E-state index >= 15 is 0 Å². The van der Waals surface area contributed by atoms with Crippen LogP contribution >= 0.6 is 0 Å². The minimum Gasteiger partial charge on any atom is -0.396 e. The molecule has 6 heteroatoms. The van der Waals surface area contributed by atoms with Crippen LogP contribution in [0.15, 0.2) is 35.4 Å². The number of fused-ring (bicyclic) bond motifs is 1. The second kappa shape index (κ2) is 4.80. The summed E-state index contributed by atoms with van der Waals surface area (Å²) in [4.78, 5) is 4.51. The molecule has 0 radical (unpaired) electrons. The standard InChI is InChI=1S/C14H16N2O3S/c1-10-5-12-3-2-4-13(14(12)15-6-10)20(18,19)16-7-11(8-16)9-17/h2-6,11,17H,7-9H2,1H3. The lowest BCUT2D eigenvalue weighted by Gasteiger charge is -2.37. The number of aryl methyl sites for hydroxylation is 1. The fourth-order valence-corrected chi connectivity index (χ4v) is 4.18. The van der Waals surface area contributed by atoms with E-state index < -0.39 is 10.0 Å². The Balaban J connectivity index is 2.06. The number of rotatable bonds is 3. The average molecular weight is 292 g/mol. The first kappa shape index (κ1) is 13.5. The van der Waals surface area contributed by atoms with Crippen LogP contribution in [0.2, 0.25) is 0 Å². The third kappa shape index (κ3) is 2.09. The van der Waals surface area contributed by atoms with Crippen LogP contribution in [0.1, 0.15) is 5.56 Å². The predicted molar refractivity (Wildman–Crippen MR) is 75.8 cm³/mol. The molecule has 1 saturated heterocycles. The molecule has 1 fully saturated rings. The van der Waals surface area contributed by atoms with Crippen molar-refractivity contribution < 1.29 is 13.5 Å². The van der Waals surface area contributed by atoms with Crippen molar-refractivity contribution in [2.75, 3.05) is 19.7 Å². The molecule has 0 amide bonds. The van der Waals surface area contributed by atoms with Gasteiger partial charge in [0.1, 0.15) is 4.90 Å². The molecule has 1 aliphatic heterocycles. The molecular weight excluding hydrogens is 276 g/mol. The Morgan fingerprint density at radius 2 is 2.15 bits per heavy atom. The van der Waals surface area contributed by atoms with E-state index in [0.717, 1.165) is 10.9 Å². The van der Waals surface area contributed by atoms with Crippen LogP contribution in [0, 0.1) is 12.8 Å². The van der Waals surface area contributed by atoms with Crippen LogP contribution in [-0.2, 0) is 10.0 Å². The molecule has 20 heavy (non-hydrogen) atoms. The van der Waals surface area contributed by atoms with E-state index in [1.165, 1.54) is 4.31 Å². The quantitative estimate of drug-likeness (QED) is 0.921. The van der Waals surface area contributed by atoms with Crippen molar-refractivity contribution in [3.63, 3.8) is 0 Å². The minimum absolute atomic E-state index is 0.0268. The Bertz CT molecular complexity index is 752. The van der Waals surface area contributed by atoms with Crippen molar-refractivity contribution in [3.05, 3.63) is 36.0 Å². The van der Waals surface area contributed by atoms with Gasteiger partial charge in [0.2, 0.25) is 10.0 Å². The van der Waals surface area contributed by atoms with Gasteiger partial charge in [0, 0.05) is 37.2 Å². The fourth-order valence-electron chi connectivity index (χ4n) is 2.42. The molecule has 0 unspecified atom stereocenters. The third-order valence-corrected chi connectivity index (χ3v) is 5.47. The predicted octanol–water partition coefficient (Wildman–Crippen LogP) is 1.16. The maximum Gasteiger partial charge on any atom is 0.245 e. The van der Waals surface area contributed by atoms with E-state index in [0.29, 0.717) is 18.6 Å². The summed E-state index contributed by atoms with van der Waals surface area (Å²) in [6, 6.07) is 7.11. The number of aromatic nitrogens is 1. The summed E-state index contributed by atoms with van der Waals surface area (Å²) in [5.74, 6) is 0.0509. The Hall–Kier alpha value is -1.50. The molecule has 106 valence electrons. The molecule has 1 N–H and O–H groups in total. The summed E-state index contributed by atoms with van der Waals surface area (Å²) in [5.41, 5.74) is 1.50. The largest absolute Gasteiger partial charge is 0.396 e. The Morgan fingerprint density at radius 1 is 1.40 bits per heavy atom. The summed E-state index contributed by atoms with van der Waals surface area (Å²) >= 11 is 0. The molecule has 2 aromatic rings. The fraction of sp³-hybridized carbons (Fsp3) is 0.357. The van der Waals surface area contributed by atoms with Crippen LogP contribution in [0.3, 0.4) is 0 Å². The van der Waals surface area contributed by atoms with Gasteiger partial charge in [0.25, 0.3) is 0 Å². The van der Waals surface area contributed by atoms with E-state index in [4.69, 9.17) is 5.11 Å². The highest BCUT2D eigenvalue weighted by Gasteiger charge is 2.37. The maximum atomic E-state index is 12.6. The van der Waals surface area contributed by atoms with Gasteiger partial charge in [-0.1, -0.05) is 12.1 Å². The van der Waals surface area contributed by atoms with Crippen LogP contribution < -0.4 is 0 Å². The zero-order valence-electron chi connectivity index (χ0n) is 11.2. The zero-order chi connectivity index (χ0) is 14.3. The summed E-state index contributed by atoms with van der Waals surface area (Å²) in [7, 11) is -3.52. The number of aliphatic hydroxyl groups excluding tert-OH is 1. The van der Waals surface area contributed by atoms with Gasteiger partial charge in [-0.25, -0.2) is 8.42 Å². The highest BCUT2D eigenvalue weighted by Crippen LogP contribution is 2.29. The number of benzene rings is 1. The molecule has 5 nitrogen and oxygen atoms in total. The monoisotopic (exact) mass is 292 g/mol. The first-order valence-corrected chi connectivity index (χ1v) is 7.93. The topological polar surface area (TPSA) is 70.5 Å². The third-order valence-electron chi connectivity index (χ3n) is 3.61. The van der Waals surface area contributed by atoms with Crippen LogP contribution in [0.4, 0.5) is 0 Å².